The van der Waals surface area contributed by atoms with E-state index in [1.54, 1.807) is 46.3 Å². The number of allylic oxidation sites excluding steroid dienone is 6. The van der Waals surface area contributed by atoms with Gasteiger partial charge in [0.2, 0.25) is 0 Å². The molecule has 0 radical (unpaired) electrons. The van der Waals surface area contributed by atoms with Crippen LogP contribution in [0.4, 0.5) is 0 Å². The first-order chi connectivity index (χ1) is 12.6. The molecule has 0 aromatic heterocycles. The van der Waals surface area contributed by atoms with E-state index in [9.17, 15) is 10.2 Å². The summed E-state index contributed by atoms with van der Waals surface area (Å²) in [5, 5.41) is 22.5. The van der Waals surface area contributed by atoms with Gasteiger partial charge in [-0.1, -0.05) is 44.2 Å². The molecule has 0 bridgehead atoms. The van der Waals surface area contributed by atoms with Crippen molar-refractivity contribution in [2.45, 2.75) is 13.8 Å². The van der Waals surface area contributed by atoms with Crippen LogP contribution in [0, 0.1) is 0 Å². The second-order valence-electron chi connectivity index (χ2n) is 5.28. The van der Waals surface area contributed by atoms with Crippen LogP contribution in [-0.4, -0.2) is 40.6 Å². The molecule has 0 atom stereocenters. The maximum absolute atomic E-state index is 11.3. The molecular weight excluding hydrogens is 392 g/mol. The molecule has 0 aliphatic heterocycles. The molecule has 150 valence electrons. The van der Waals surface area contributed by atoms with E-state index in [4.69, 9.17) is 18.9 Å². The Morgan fingerprint density at radius 2 is 1.52 bits per heavy atom. The zero-order chi connectivity index (χ0) is 19.4. The van der Waals surface area contributed by atoms with Gasteiger partial charge in [0, 0.05) is 19.8 Å². The van der Waals surface area contributed by atoms with E-state index in [2.05, 4.69) is 0 Å². The van der Waals surface area contributed by atoms with Crippen LogP contribution < -0.4 is 10.2 Å². The van der Waals surface area contributed by atoms with Crippen molar-refractivity contribution in [1.29, 1.82) is 0 Å². The topological polar surface area (TPSA) is 83.0 Å². The van der Waals surface area contributed by atoms with Crippen molar-refractivity contribution in [1.82, 2.24) is 0 Å². The van der Waals surface area contributed by atoms with Crippen LogP contribution in [0.25, 0.3) is 0 Å². The minimum absolute atomic E-state index is 0. The molecule has 2 aliphatic carbocycles. The smallest absolute Gasteiger partial charge is 0.613 e. The molecule has 0 fully saturated rings. The van der Waals surface area contributed by atoms with Crippen molar-refractivity contribution in [3.63, 3.8) is 0 Å². The van der Waals surface area contributed by atoms with Crippen molar-refractivity contribution >= 4 is 0 Å². The number of hydrogen-bond donors (Lipinski definition) is 0. The summed E-state index contributed by atoms with van der Waals surface area (Å²) in [6.07, 6.45) is 10.8. The van der Waals surface area contributed by atoms with Crippen molar-refractivity contribution in [2.75, 3.05) is 40.6 Å². The first-order valence-corrected chi connectivity index (χ1v) is 8.39. The van der Waals surface area contributed by atoms with Gasteiger partial charge in [0.15, 0.2) is 0 Å². The standard InChI is InChI=1S/2C10H14O3.Fe/c1-3-13-10(11)9-5-4-8(6-9)7-12-2;1-3-13-10(11)9-6-4-5-8(9)7-12-2;/h2*4-6,11H,3,7H2,1-2H3;/q;;+2/p-2. The van der Waals surface area contributed by atoms with E-state index in [0.717, 1.165) is 11.1 Å². The zero-order valence-electron chi connectivity index (χ0n) is 16.1. The van der Waals surface area contributed by atoms with Crippen molar-refractivity contribution in [2.24, 2.45) is 0 Å². The van der Waals surface area contributed by atoms with E-state index in [1.165, 1.54) is 0 Å². The zero-order valence-corrected chi connectivity index (χ0v) is 17.2. The van der Waals surface area contributed by atoms with Gasteiger partial charge in [-0.3, -0.25) is 0 Å². The molecule has 0 N–H and O–H groups in total. The SMILES string of the molecule is CCOC([O-])=C1C=CC(COC)=C1.CCOC([O-])=C1C=CC=C1COC.[Fe+2]. The summed E-state index contributed by atoms with van der Waals surface area (Å²) in [5.74, 6) is -0.551. The van der Waals surface area contributed by atoms with Gasteiger partial charge in [-0.25, -0.2) is 0 Å². The van der Waals surface area contributed by atoms with Crippen molar-refractivity contribution in [3.8, 4) is 0 Å². The van der Waals surface area contributed by atoms with Crippen LogP contribution in [-0.2, 0) is 36.0 Å². The van der Waals surface area contributed by atoms with Crippen LogP contribution in [0.2, 0.25) is 0 Å². The van der Waals surface area contributed by atoms with Gasteiger partial charge < -0.3 is 29.2 Å². The fourth-order valence-corrected chi connectivity index (χ4v) is 2.24. The molecule has 0 saturated heterocycles. The van der Waals surface area contributed by atoms with Gasteiger partial charge in [-0.05, 0) is 36.0 Å². The summed E-state index contributed by atoms with van der Waals surface area (Å²) in [7, 11) is 3.22. The number of ether oxygens (including phenoxy) is 4. The van der Waals surface area contributed by atoms with Crippen molar-refractivity contribution < 1.29 is 46.2 Å². The quantitative estimate of drug-likeness (QED) is 0.439. The Morgan fingerprint density at radius 1 is 0.889 bits per heavy atom. The summed E-state index contributed by atoms with van der Waals surface area (Å²) >= 11 is 0. The molecule has 0 unspecified atom stereocenters. The van der Waals surface area contributed by atoms with Gasteiger partial charge in [-0.2, -0.15) is 0 Å². The molecule has 0 heterocycles. The van der Waals surface area contributed by atoms with Crippen LogP contribution >= 0.6 is 0 Å². The molecule has 0 amide bonds. The van der Waals surface area contributed by atoms with E-state index >= 15 is 0 Å². The predicted molar refractivity (Wildman–Crippen MR) is 95.5 cm³/mol. The average Bonchev–Trinajstić information content (AvgIpc) is 3.26. The third-order valence-corrected chi connectivity index (χ3v) is 3.34. The molecular formula is C20H26FeO6. The van der Waals surface area contributed by atoms with E-state index in [-0.39, 0.29) is 29.0 Å². The molecule has 0 aromatic rings. The van der Waals surface area contributed by atoms with E-state index in [1.807, 2.05) is 18.2 Å². The molecule has 27 heavy (non-hydrogen) atoms. The van der Waals surface area contributed by atoms with Crippen LogP contribution in [0.15, 0.2) is 70.6 Å². The Balaban J connectivity index is 0.000000483. The Morgan fingerprint density at radius 3 is 2.11 bits per heavy atom. The third kappa shape index (κ3) is 8.54. The molecule has 2 aliphatic rings. The molecule has 0 spiro atoms. The fraction of sp³-hybridized carbons (Fsp3) is 0.400. The van der Waals surface area contributed by atoms with Crippen LogP contribution in [0.1, 0.15) is 13.8 Å². The van der Waals surface area contributed by atoms with Crippen molar-refractivity contribution in [3.05, 3.63) is 70.6 Å². The maximum Gasteiger partial charge on any atom is 2.00 e. The maximum atomic E-state index is 11.3. The van der Waals surface area contributed by atoms with Gasteiger partial charge in [0.1, 0.15) is 0 Å². The van der Waals surface area contributed by atoms with Crippen LogP contribution in [0.5, 0.6) is 0 Å². The minimum atomic E-state index is -0.278. The average molecular weight is 418 g/mol. The first-order valence-electron chi connectivity index (χ1n) is 8.39. The fourth-order valence-electron chi connectivity index (χ4n) is 2.24. The Labute approximate surface area is 171 Å². The number of rotatable bonds is 8. The Hall–Kier alpha value is -1.92. The monoisotopic (exact) mass is 418 g/mol. The molecule has 0 saturated carbocycles. The summed E-state index contributed by atoms with van der Waals surface area (Å²) in [4.78, 5) is 0. The Bertz CT molecular complexity index is 641. The second-order valence-corrected chi connectivity index (χ2v) is 5.28. The van der Waals surface area contributed by atoms with Gasteiger partial charge in [0.25, 0.3) is 0 Å². The minimum Gasteiger partial charge on any atom is -0.613 e. The van der Waals surface area contributed by atoms with E-state index < -0.39 is 0 Å². The number of methoxy groups -OCH3 is 2. The summed E-state index contributed by atoms with van der Waals surface area (Å²) in [6, 6.07) is 0. The van der Waals surface area contributed by atoms with Gasteiger partial charge >= 0.3 is 17.1 Å². The first kappa shape index (κ1) is 25.1. The van der Waals surface area contributed by atoms with Crippen LogP contribution in [0.3, 0.4) is 0 Å². The summed E-state index contributed by atoms with van der Waals surface area (Å²) in [5.41, 5.74) is 3.06. The summed E-state index contributed by atoms with van der Waals surface area (Å²) in [6.45, 7) is 5.36. The second kappa shape index (κ2) is 14.2. The Kier molecular flexibility index (Phi) is 13.2. The van der Waals surface area contributed by atoms with Gasteiger partial charge in [0.05, 0.1) is 25.1 Å². The molecule has 0 aromatic carbocycles. The van der Waals surface area contributed by atoms with Gasteiger partial charge in [-0.15, -0.1) is 0 Å². The molecule has 6 nitrogen and oxygen atoms in total. The van der Waals surface area contributed by atoms with E-state index in [0.29, 0.717) is 37.6 Å². The number of hydrogen-bond acceptors (Lipinski definition) is 6. The predicted octanol–water partition coefficient (Wildman–Crippen LogP) is 1.47. The molecule has 7 heteroatoms. The molecule has 2 rings (SSSR count). The summed E-state index contributed by atoms with van der Waals surface area (Å²) < 4.78 is 19.6. The largest absolute Gasteiger partial charge is 2.00 e. The third-order valence-electron chi connectivity index (χ3n) is 3.34. The normalized spacial score (nSPS) is 18.1.